The van der Waals surface area contributed by atoms with Crippen molar-refractivity contribution in [1.29, 1.82) is 0 Å². The molecule has 1 aromatic heterocycles. The van der Waals surface area contributed by atoms with E-state index in [9.17, 15) is 4.79 Å². The monoisotopic (exact) mass is 397 g/mol. The topological polar surface area (TPSA) is 54.4 Å². The third kappa shape index (κ3) is 5.17. The average molecular weight is 398 g/mol. The van der Waals surface area contributed by atoms with Crippen LogP contribution in [0.1, 0.15) is 43.1 Å². The zero-order chi connectivity index (χ0) is 19.2. The van der Waals surface area contributed by atoms with Crippen LogP contribution >= 0.6 is 23.1 Å². The van der Waals surface area contributed by atoms with Crippen LogP contribution < -0.4 is 5.43 Å². The molecule has 0 spiro atoms. The number of thioether (sulfide) groups is 1. The molecule has 0 aliphatic rings. The summed E-state index contributed by atoms with van der Waals surface area (Å²) >= 11 is 3.43. The summed E-state index contributed by atoms with van der Waals surface area (Å²) in [5.74, 6) is 0.983. The van der Waals surface area contributed by atoms with E-state index in [1.807, 2.05) is 49.4 Å². The number of amides is 1. The minimum Gasteiger partial charge on any atom is -0.267 e. The summed E-state index contributed by atoms with van der Waals surface area (Å²) < 4.78 is 2.27. The Kier molecular flexibility index (Phi) is 6.63. The van der Waals surface area contributed by atoms with E-state index in [2.05, 4.69) is 35.4 Å². The first-order valence-corrected chi connectivity index (χ1v) is 10.8. The molecule has 0 fully saturated rings. The van der Waals surface area contributed by atoms with Gasteiger partial charge in [0.05, 0.1) is 10.2 Å². The first-order valence-electron chi connectivity index (χ1n) is 9.01. The molecule has 140 valence electrons. The van der Waals surface area contributed by atoms with E-state index in [4.69, 9.17) is 0 Å². The highest BCUT2D eigenvalue weighted by Crippen LogP contribution is 2.31. The summed E-state index contributed by atoms with van der Waals surface area (Å²) in [4.78, 5) is 16.9. The molecule has 0 aliphatic carbocycles. The molecule has 3 aromatic rings. The molecule has 4 nitrogen and oxygen atoms in total. The largest absolute Gasteiger partial charge is 0.271 e. The number of nitrogens with one attached hydrogen (secondary N) is 1. The van der Waals surface area contributed by atoms with Gasteiger partial charge in [-0.25, -0.2) is 10.4 Å². The van der Waals surface area contributed by atoms with Crippen LogP contribution in [0.3, 0.4) is 0 Å². The van der Waals surface area contributed by atoms with Gasteiger partial charge < -0.3 is 0 Å². The molecule has 0 unspecified atom stereocenters. The average Bonchev–Trinajstić information content (AvgIpc) is 3.10. The van der Waals surface area contributed by atoms with E-state index in [-0.39, 0.29) is 5.91 Å². The van der Waals surface area contributed by atoms with Gasteiger partial charge in [-0.3, -0.25) is 4.79 Å². The zero-order valence-corrected chi connectivity index (χ0v) is 17.4. The molecule has 0 atom stereocenters. The second-order valence-corrected chi connectivity index (χ2v) is 8.74. The number of benzene rings is 2. The highest BCUT2D eigenvalue weighted by atomic mass is 32.2. The van der Waals surface area contributed by atoms with E-state index in [0.29, 0.717) is 11.5 Å². The SMILES string of the molecule is CC/C(=N/NC(=O)c1ccc(CSc2nc3ccccc3s2)cc1)C(C)C. The lowest BCUT2D eigenvalue weighted by molar-refractivity contribution is 0.0954. The van der Waals surface area contributed by atoms with Gasteiger partial charge in [0.15, 0.2) is 4.34 Å². The van der Waals surface area contributed by atoms with Gasteiger partial charge in [-0.05, 0) is 42.2 Å². The quantitative estimate of drug-likeness (QED) is 0.314. The first-order chi connectivity index (χ1) is 13.1. The van der Waals surface area contributed by atoms with Crippen molar-refractivity contribution in [2.24, 2.45) is 11.0 Å². The van der Waals surface area contributed by atoms with Gasteiger partial charge in [0.25, 0.3) is 5.91 Å². The molecular weight excluding hydrogens is 374 g/mol. The van der Waals surface area contributed by atoms with Crippen molar-refractivity contribution in [3.63, 3.8) is 0 Å². The van der Waals surface area contributed by atoms with Gasteiger partial charge in [0.1, 0.15) is 0 Å². The lowest BCUT2D eigenvalue weighted by Crippen LogP contribution is -2.21. The molecule has 6 heteroatoms. The third-order valence-electron chi connectivity index (χ3n) is 4.18. The summed E-state index contributed by atoms with van der Waals surface area (Å²) in [6.07, 6.45) is 0.833. The molecule has 3 rings (SSSR count). The molecular formula is C21H23N3OS2. The Labute approximate surface area is 168 Å². The van der Waals surface area contributed by atoms with Crippen molar-refractivity contribution in [3.05, 3.63) is 59.7 Å². The van der Waals surface area contributed by atoms with Gasteiger partial charge in [-0.15, -0.1) is 11.3 Å². The normalized spacial score (nSPS) is 11.9. The smallest absolute Gasteiger partial charge is 0.267 e. The number of hydrazone groups is 1. The van der Waals surface area contributed by atoms with Gasteiger partial charge >= 0.3 is 0 Å². The fraction of sp³-hybridized carbons (Fsp3) is 0.286. The Morgan fingerprint density at radius 1 is 1.19 bits per heavy atom. The highest BCUT2D eigenvalue weighted by Gasteiger charge is 2.08. The molecule has 1 N–H and O–H groups in total. The van der Waals surface area contributed by atoms with Gasteiger partial charge in [-0.1, -0.05) is 56.8 Å². The zero-order valence-electron chi connectivity index (χ0n) is 15.7. The number of hydrogen-bond donors (Lipinski definition) is 1. The highest BCUT2D eigenvalue weighted by molar-refractivity contribution is 8.00. The van der Waals surface area contributed by atoms with Crippen LogP contribution in [-0.2, 0) is 5.75 Å². The van der Waals surface area contributed by atoms with Crippen LogP contribution in [0.4, 0.5) is 0 Å². The van der Waals surface area contributed by atoms with E-state index in [0.717, 1.165) is 33.3 Å². The Bertz CT molecular complexity index is 912. The van der Waals surface area contributed by atoms with E-state index >= 15 is 0 Å². The summed E-state index contributed by atoms with van der Waals surface area (Å²) in [5.41, 5.74) is 6.48. The molecule has 0 radical (unpaired) electrons. The molecule has 2 aromatic carbocycles. The molecule has 0 saturated carbocycles. The number of hydrogen-bond acceptors (Lipinski definition) is 5. The van der Waals surface area contributed by atoms with E-state index in [1.54, 1.807) is 23.1 Å². The van der Waals surface area contributed by atoms with Crippen LogP contribution in [0.15, 0.2) is 58.0 Å². The van der Waals surface area contributed by atoms with Crippen molar-refractivity contribution >= 4 is 44.9 Å². The van der Waals surface area contributed by atoms with Crippen LogP contribution in [0.25, 0.3) is 10.2 Å². The number of fused-ring (bicyclic) bond motifs is 1. The lowest BCUT2D eigenvalue weighted by Gasteiger charge is -2.08. The molecule has 0 saturated heterocycles. The number of rotatable bonds is 7. The second kappa shape index (κ2) is 9.15. The van der Waals surface area contributed by atoms with Gasteiger partial charge in [0.2, 0.25) is 0 Å². The third-order valence-corrected chi connectivity index (χ3v) is 6.43. The Hall–Kier alpha value is -2.18. The number of thiazole rings is 1. The van der Waals surface area contributed by atoms with Crippen molar-refractivity contribution < 1.29 is 4.79 Å². The van der Waals surface area contributed by atoms with Crippen LogP contribution in [0, 0.1) is 5.92 Å². The Morgan fingerprint density at radius 2 is 1.93 bits per heavy atom. The fourth-order valence-corrected chi connectivity index (χ4v) is 4.64. The molecule has 0 bridgehead atoms. The maximum absolute atomic E-state index is 12.2. The molecule has 0 aliphatic heterocycles. The van der Waals surface area contributed by atoms with Crippen LogP contribution in [0.5, 0.6) is 0 Å². The minimum absolute atomic E-state index is 0.174. The summed E-state index contributed by atoms with van der Waals surface area (Å²) in [6, 6.07) is 15.8. The maximum Gasteiger partial charge on any atom is 0.271 e. The predicted molar refractivity (Wildman–Crippen MR) is 116 cm³/mol. The first kappa shape index (κ1) is 19.6. The van der Waals surface area contributed by atoms with Gasteiger partial charge in [0, 0.05) is 17.0 Å². The van der Waals surface area contributed by atoms with Crippen LogP contribution in [0.2, 0.25) is 0 Å². The van der Waals surface area contributed by atoms with Gasteiger partial charge in [-0.2, -0.15) is 5.10 Å². The van der Waals surface area contributed by atoms with E-state index in [1.165, 1.54) is 4.70 Å². The summed E-state index contributed by atoms with van der Waals surface area (Å²) in [6.45, 7) is 6.20. The number of carbonyl (C=O) groups excluding carboxylic acids is 1. The maximum atomic E-state index is 12.2. The van der Waals surface area contributed by atoms with Crippen molar-refractivity contribution in [3.8, 4) is 0 Å². The Morgan fingerprint density at radius 3 is 2.59 bits per heavy atom. The molecule has 1 heterocycles. The van der Waals surface area contributed by atoms with Crippen molar-refractivity contribution in [2.75, 3.05) is 0 Å². The number of nitrogens with zero attached hydrogens (tertiary/aromatic N) is 2. The van der Waals surface area contributed by atoms with E-state index < -0.39 is 0 Å². The molecule has 1 amide bonds. The Balaban J connectivity index is 1.58. The standard InChI is InChI=1S/C21H23N3OS2/c1-4-17(14(2)3)23-24-20(25)16-11-9-15(10-12-16)13-26-21-22-18-7-5-6-8-19(18)27-21/h5-12,14H,4,13H2,1-3H3,(H,24,25)/b23-17-. The van der Waals surface area contributed by atoms with Crippen LogP contribution in [-0.4, -0.2) is 16.6 Å². The lowest BCUT2D eigenvalue weighted by atomic mass is 10.1. The summed E-state index contributed by atoms with van der Waals surface area (Å²) in [7, 11) is 0. The van der Waals surface area contributed by atoms with Crippen molar-refractivity contribution in [1.82, 2.24) is 10.4 Å². The number of carbonyl (C=O) groups is 1. The minimum atomic E-state index is -0.174. The predicted octanol–water partition coefficient (Wildman–Crippen LogP) is 5.74. The van der Waals surface area contributed by atoms with Crippen molar-refractivity contribution in [2.45, 2.75) is 37.3 Å². The number of para-hydroxylation sites is 1. The second-order valence-electron chi connectivity index (χ2n) is 6.49. The molecule has 27 heavy (non-hydrogen) atoms. The fourth-order valence-electron chi connectivity index (χ4n) is 2.61. The summed E-state index contributed by atoms with van der Waals surface area (Å²) in [5, 5.41) is 4.24. The number of aromatic nitrogens is 1.